The molecule has 0 aliphatic carbocycles. The Labute approximate surface area is 146 Å². The first-order valence-electron chi connectivity index (χ1n) is 7.64. The van der Waals surface area contributed by atoms with Gasteiger partial charge in [0, 0.05) is 24.7 Å². The van der Waals surface area contributed by atoms with Gasteiger partial charge in [-0.1, -0.05) is 30.3 Å². The van der Waals surface area contributed by atoms with Crippen molar-refractivity contribution in [3.05, 3.63) is 41.7 Å². The van der Waals surface area contributed by atoms with Crippen LogP contribution < -0.4 is 10.6 Å². The van der Waals surface area contributed by atoms with E-state index in [2.05, 4.69) is 20.6 Å². The number of nitrogens with zero attached hydrogens (tertiary/aromatic N) is 2. The molecule has 0 unspecified atom stereocenters. The van der Waals surface area contributed by atoms with Gasteiger partial charge in [0.15, 0.2) is 0 Å². The van der Waals surface area contributed by atoms with Crippen LogP contribution >= 0.6 is 11.6 Å². The molecule has 24 heavy (non-hydrogen) atoms. The molecule has 0 aliphatic rings. The Morgan fingerprint density at radius 3 is 2.54 bits per heavy atom. The van der Waals surface area contributed by atoms with Crippen LogP contribution in [0, 0.1) is 0 Å². The molecule has 2 N–H and O–H groups in total. The predicted molar refractivity (Wildman–Crippen MR) is 95.2 cm³/mol. The van der Waals surface area contributed by atoms with Crippen LogP contribution in [0.15, 0.2) is 36.4 Å². The molecule has 0 radical (unpaired) electrons. The summed E-state index contributed by atoms with van der Waals surface area (Å²) >= 11 is 5.98. The van der Waals surface area contributed by atoms with Gasteiger partial charge in [-0.05, 0) is 32.4 Å². The van der Waals surface area contributed by atoms with Crippen molar-refractivity contribution in [2.75, 3.05) is 18.4 Å². The molecule has 0 aliphatic heterocycles. The lowest BCUT2D eigenvalue weighted by Gasteiger charge is -2.19. The van der Waals surface area contributed by atoms with Gasteiger partial charge in [-0.2, -0.15) is 0 Å². The molecule has 1 heterocycles. The minimum absolute atomic E-state index is 0.166. The maximum atomic E-state index is 11.6. The van der Waals surface area contributed by atoms with Crippen LogP contribution in [0.2, 0.25) is 5.28 Å². The molecule has 128 valence electrons. The number of anilines is 1. The van der Waals surface area contributed by atoms with E-state index in [0.29, 0.717) is 18.9 Å². The average Bonchev–Trinajstić information content (AvgIpc) is 2.50. The molecule has 7 heteroatoms. The number of aromatic nitrogens is 2. The van der Waals surface area contributed by atoms with Crippen molar-refractivity contribution in [1.29, 1.82) is 0 Å². The Hall–Kier alpha value is -2.34. The summed E-state index contributed by atoms with van der Waals surface area (Å²) in [6.07, 6.45) is -0.449. The molecular formula is C17H21ClN4O2. The zero-order chi connectivity index (χ0) is 17.6. The molecule has 0 fully saturated rings. The quantitative estimate of drug-likeness (QED) is 0.636. The fourth-order valence-corrected chi connectivity index (χ4v) is 2.12. The third kappa shape index (κ3) is 6.04. The van der Waals surface area contributed by atoms with Crippen molar-refractivity contribution < 1.29 is 9.53 Å². The normalized spacial score (nSPS) is 11.0. The van der Waals surface area contributed by atoms with Gasteiger partial charge in [0.2, 0.25) is 5.28 Å². The molecule has 1 aromatic carbocycles. The number of ether oxygens (including phenoxy) is 1. The minimum Gasteiger partial charge on any atom is -0.444 e. The highest BCUT2D eigenvalue weighted by atomic mass is 35.5. The zero-order valence-corrected chi connectivity index (χ0v) is 14.7. The fraction of sp³-hybridized carbons (Fsp3) is 0.353. The van der Waals surface area contributed by atoms with Crippen LogP contribution in [0.5, 0.6) is 0 Å². The van der Waals surface area contributed by atoms with E-state index in [9.17, 15) is 4.79 Å². The van der Waals surface area contributed by atoms with Gasteiger partial charge in [0.05, 0.1) is 5.69 Å². The summed E-state index contributed by atoms with van der Waals surface area (Å²) in [5.41, 5.74) is 1.18. The number of alkyl carbamates (subject to hydrolysis) is 1. The largest absolute Gasteiger partial charge is 0.444 e. The third-order valence-electron chi connectivity index (χ3n) is 2.87. The molecule has 2 aromatic rings. The van der Waals surface area contributed by atoms with Crippen LogP contribution in [0.4, 0.5) is 10.6 Å². The SMILES string of the molecule is CC(C)(C)OC(=O)NCCNc1cc(-c2ccccc2)nc(Cl)n1. The summed E-state index contributed by atoms with van der Waals surface area (Å²) in [6.45, 7) is 6.34. The standard InChI is InChI=1S/C17H21ClN4O2/c1-17(2,3)24-16(23)20-10-9-19-14-11-13(21-15(18)22-14)12-7-5-4-6-8-12/h4-8,11H,9-10H2,1-3H3,(H,20,23)(H,19,21,22). The Bertz CT molecular complexity index is 687. The summed E-state index contributed by atoms with van der Waals surface area (Å²) in [7, 11) is 0. The second-order valence-corrected chi connectivity index (χ2v) is 6.47. The summed E-state index contributed by atoms with van der Waals surface area (Å²) in [5.74, 6) is 0.597. The van der Waals surface area contributed by atoms with Crippen molar-refractivity contribution in [2.24, 2.45) is 0 Å². The van der Waals surface area contributed by atoms with Gasteiger partial charge in [0.1, 0.15) is 11.4 Å². The van der Waals surface area contributed by atoms with E-state index >= 15 is 0 Å². The first kappa shape index (κ1) is 18.0. The number of halogens is 1. The van der Waals surface area contributed by atoms with Crippen molar-refractivity contribution in [2.45, 2.75) is 26.4 Å². The minimum atomic E-state index is -0.512. The monoisotopic (exact) mass is 348 g/mol. The first-order chi connectivity index (χ1) is 11.3. The van der Waals surface area contributed by atoms with Gasteiger partial charge < -0.3 is 15.4 Å². The van der Waals surface area contributed by atoms with Crippen molar-refractivity contribution >= 4 is 23.5 Å². The molecule has 1 amide bonds. The Balaban J connectivity index is 1.89. The molecule has 0 saturated heterocycles. The van der Waals surface area contributed by atoms with Crippen LogP contribution in [-0.2, 0) is 4.74 Å². The van der Waals surface area contributed by atoms with E-state index in [1.54, 1.807) is 0 Å². The van der Waals surface area contributed by atoms with Gasteiger partial charge >= 0.3 is 6.09 Å². The number of amides is 1. The fourth-order valence-electron chi connectivity index (χ4n) is 1.93. The van der Waals surface area contributed by atoms with E-state index in [0.717, 1.165) is 11.3 Å². The van der Waals surface area contributed by atoms with E-state index < -0.39 is 11.7 Å². The van der Waals surface area contributed by atoms with E-state index in [1.165, 1.54) is 0 Å². The second-order valence-electron chi connectivity index (χ2n) is 6.13. The molecule has 0 saturated carbocycles. The highest BCUT2D eigenvalue weighted by molar-refractivity contribution is 6.28. The van der Waals surface area contributed by atoms with Crippen LogP contribution in [0.1, 0.15) is 20.8 Å². The number of carbonyl (C=O) groups excluding carboxylic acids is 1. The van der Waals surface area contributed by atoms with E-state index in [1.807, 2.05) is 57.2 Å². The average molecular weight is 349 g/mol. The van der Waals surface area contributed by atoms with Gasteiger partial charge in [0.25, 0.3) is 0 Å². The van der Waals surface area contributed by atoms with E-state index in [4.69, 9.17) is 16.3 Å². The summed E-state index contributed by atoms with van der Waals surface area (Å²) < 4.78 is 5.16. The van der Waals surface area contributed by atoms with Gasteiger partial charge in [-0.3, -0.25) is 0 Å². The zero-order valence-electron chi connectivity index (χ0n) is 14.0. The lowest BCUT2D eigenvalue weighted by atomic mass is 10.1. The number of carbonyl (C=O) groups is 1. The summed E-state index contributed by atoms with van der Waals surface area (Å²) in [5, 5.41) is 5.94. The second kappa shape index (κ2) is 7.97. The maximum absolute atomic E-state index is 11.6. The van der Waals surface area contributed by atoms with Crippen LogP contribution in [0.25, 0.3) is 11.3 Å². The topological polar surface area (TPSA) is 76.1 Å². The smallest absolute Gasteiger partial charge is 0.407 e. The molecule has 0 atom stereocenters. The molecular weight excluding hydrogens is 328 g/mol. The lowest BCUT2D eigenvalue weighted by molar-refractivity contribution is 0.0530. The van der Waals surface area contributed by atoms with Crippen molar-refractivity contribution in [3.8, 4) is 11.3 Å². The van der Waals surface area contributed by atoms with Gasteiger partial charge in [-0.25, -0.2) is 14.8 Å². The highest BCUT2D eigenvalue weighted by Crippen LogP contribution is 2.20. The van der Waals surface area contributed by atoms with Crippen LogP contribution in [0.3, 0.4) is 0 Å². The molecule has 1 aromatic heterocycles. The molecule has 0 bridgehead atoms. The number of nitrogens with one attached hydrogen (secondary N) is 2. The lowest BCUT2D eigenvalue weighted by Crippen LogP contribution is -2.35. The number of benzene rings is 1. The van der Waals surface area contributed by atoms with Gasteiger partial charge in [-0.15, -0.1) is 0 Å². The molecule has 2 rings (SSSR count). The predicted octanol–water partition coefficient (Wildman–Crippen LogP) is 3.73. The Morgan fingerprint density at radius 1 is 1.17 bits per heavy atom. The summed E-state index contributed by atoms with van der Waals surface area (Å²) in [4.78, 5) is 19.9. The first-order valence-corrected chi connectivity index (χ1v) is 8.02. The molecule has 0 spiro atoms. The number of hydrogen-bond acceptors (Lipinski definition) is 5. The highest BCUT2D eigenvalue weighted by Gasteiger charge is 2.15. The Kier molecular flexibility index (Phi) is 5.98. The van der Waals surface area contributed by atoms with Crippen LogP contribution in [-0.4, -0.2) is 34.8 Å². The van der Waals surface area contributed by atoms with Crippen molar-refractivity contribution in [3.63, 3.8) is 0 Å². The Morgan fingerprint density at radius 2 is 1.88 bits per heavy atom. The summed E-state index contributed by atoms with van der Waals surface area (Å²) in [6, 6.07) is 11.5. The number of hydrogen-bond donors (Lipinski definition) is 2. The van der Waals surface area contributed by atoms with E-state index in [-0.39, 0.29) is 5.28 Å². The maximum Gasteiger partial charge on any atom is 0.407 e. The molecule has 6 nitrogen and oxygen atoms in total. The number of rotatable bonds is 5. The third-order valence-corrected chi connectivity index (χ3v) is 3.04. The van der Waals surface area contributed by atoms with Crippen molar-refractivity contribution in [1.82, 2.24) is 15.3 Å².